The molecule has 0 aliphatic rings. The highest BCUT2D eigenvalue weighted by atomic mass is 16.5. The van der Waals surface area contributed by atoms with Gasteiger partial charge in [-0.15, -0.1) is 0 Å². The second-order valence-electron chi connectivity index (χ2n) is 5.59. The topological polar surface area (TPSA) is 75.9 Å². The number of rotatable bonds is 5. The summed E-state index contributed by atoms with van der Waals surface area (Å²) < 4.78 is 6.87. The van der Waals surface area contributed by atoms with Crippen LogP contribution < -0.4 is 10.1 Å². The predicted octanol–water partition coefficient (Wildman–Crippen LogP) is 2.11. The largest absolute Gasteiger partial charge is 0.497 e. The Labute approximate surface area is 139 Å². The van der Waals surface area contributed by atoms with Gasteiger partial charge in [0.1, 0.15) is 17.1 Å². The predicted molar refractivity (Wildman–Crippen MR) is 90.2 cm³/mol. The monoisotopic (exact) mass is 325 g/mol. The molecule has 0 radical (unpaired) electrons. The second kappa shape index (κ2) is 6.72. The lowest BCUT2D eigenvalue weighted by Crippen LogP contribution is -2.28. The van der Waals surface area contributed by atoms with Gasteiger partial charge in [-0.3, -0.25) is 4.79 Å². The molecule has 0 saturated carbocycles. The van der Waals surface area contributed by atoms with Gasteiger partial charge in [0.25, 0.3) is 5.91 Å². The van der Waals surface area contributed by atoms with E-state index in [1.165, 1.54) is 0 Å². The molecule has 1 aromatic carbocycles. The van der Waals surface area contributed by atoms with Gasteiger partial charge in [0, 0.05) is 18.9 Å². The number of methoxy groups -OCH3 is 1. The molecule has 2 aromatic heterocycles. The van der Waals surface area contributed by atoms with E-state index >= 15 is 0 Å². The first-order valence-electron chi connectivity index (χ1n) is 7.62. The Morgan fingerprint density at radius 2 is 2.08 bits per heavy atom. The number of benzene rings is 1. The molecule has 24 heavy (non-hydrogen) atoms. The average Bonchev–Trinajstić information content (AvgIpc) is 3.02. The Morgan fingerprint density at radius 1 is 1.33 bits per heavy atom. The van der Waals surface area contributed by atoms with Crippen molar-refractivity contribution >= 4 is 11.6 Å². The molecule has 3 rings (SSSR count). The van der Waals surface area contributed by atoms with Gasteiger partial charge >= 0.3 is 0 Å². The van der Waals surface area contributed by atoms with E-state index in [2.05, 4.69) is 10.3 Å². The zero-order valence-corrected chi connectivity index (χ0v) is 13.6. The van der Waals surface area contributed by atoms with Crippen LogP contribution in [0.25, 0.3) is 5.65 Å². The van der Waals surface area contributed by atoms with Crippen molar-refractivity contribution in [2.24, 2.45) is 0 Å². The number of amides is 1. The number of carbonyl (C=O) groups is 1. The lowest BCUT2D eigenvalue weighted by Gasteiger charge is -2.12. The van der Waals surface area contributed by atoms with Gasteiger partial charge in [0.2, 0.25) is 0 Å². The summed E-state index contributed by atoms with van der Waals surface area (Å²) in [5, 5.41) is 12.9. The number of ether oxygens (including phenoxy) is 1. The molecule has 6 heteroatoms. The Balaban J connectivity index is 1.65. The van der Waals surface area contributed by atoms with E-state index in [9.17, 15) is 9.90 Å². The molecule has 0 bridgehead atoms. The molecule has 0 fully saturated rings. The maximum absolute atomic E-state index is 12.2. The van der Waals surface area contributed by atoms with Gasteiger partial charge in [-0.1, -0.05) is 12.1 Å². The standard InChI is InChI=1S/C18H19N3O3/c1-12-7-8-21-11-15(20-17(21)9-12)18(23)19-10-16(22)13-3-5-14(24-2)6-4-13/h3-9,11,16,22H,10H2,1-2H3,(H,19,23). The number of nitrogens with one attached hydrogen (secondary N) is 1. The molecule has 2 N–H and O–H groups in total. The smallest absolute Gasteiger partial charge is 0.271 e. The zero-order valence-electron chi connectivity index (χ0n) is 13.6. The molecular formula is C18H19N3O3. The number of aliphatic hydroxyl groups is 1. The van der Waals surface area contributed by atoms with Gasteiger partial charge in [-0.05, 0) is 42.3 Å². The summed E-state index contributed by atoms with van der Waals surface area (Å²) in [5.74, 6) is 0.402. The van der Waals surface area contributed by atoms with E-state index in [0.717, 1.165) is 17.0 Å². The van der Waals surface area contributed by atoms with Crippen LogP contribution in [0.15, 0.2) is 48.8 Å². The van der Waals surface area contributed by atoms with E-state index in [4.69, 9.17) is 4.74 Å². The molecular weight excluding hydrogens is 306 g/mol. The van der Waals surface area contributed by atoms with Crippen LogP contribution in [-0.4, -0.2) is 34.1 Å². The van der Waals surface area contributed by atoms with Crippen LogP contribution >= 0.6 is 0 Å². The number of aromatic nitrogens is 2. The summed E-state index contributed by atoms with van der Waals surface area (Å²) in [6.07, 6.45) is 2.74. The van der Waals surface area contributed by atoms with Crippen LogP contribution in [0.3, 0.4) is 0 Å². The molecule has 1 atom stereocenters. The summed E-state index contributed by atoms with van der Waals surface area (Å²) in [6, 6.07) is 10.9. The summed E-state index contributed by atoms with van der Waals surface area (Å²) >= 11 is 0. The minimum atomic E-state index is -0.792. The van der Waals surface area contributed by atoms with Crippen LogP contribution in [-0.2, 0) is 0 Å². The van der Waals surface area contributed by atoms with Gasteiger partial charge < -0.3 is 19.6 Å². The van der Waals surface area contributed by atoms with Gasteiger partial charge in [-0.25, -0.2) is 4.98 Å². The summed E-state index contributed by atoms with van der Waals surface area (Å²) in [6.45, 7) is 2.08. The van der Waals surface area contributed by atoms with Crippen molar-refractivity contribution in [1.29, 1.82) is 0 Å². The fourth-order valence-corrected chi connectivity index (χ4v) is 2.42. The van der Waals surface area contributed by atoms with E-state index in [1.807, 2.05) is 25.3 Å². The molecule has 3 aromatic rings. The van der Waals surface area contributed by atoms with Crippen LogP contribution in [0.4, 0.5) is 0 Å². The van der Waals surface area contributed by atoms with Crippen LogP contribution in [0.1, 0.15) is 27.7 Å². The SMILES string of the molecule is COc1ccc(C(O)CNC(=O)c2cn3ccc(C)cc3n2)cc1. The highest BCUT2D eigenvalue weighted by molar-refractivity contribution is 5.92. The maximum Gasteiger partial charge on any atom is 0.271 e. The van der Waals surface area contributed by atoms with E-state index in [1.54, 1.807) is 42.0 Å². The Kier molecular flexibility index (Phi) is 4.48. The zero-order chi connectivity index (χ0) is 17.1. The molecule has 6 nitrogen and oxygen atoms in total. The molecule has 124 valence electrons. The second-order valence-corrected chi connectivity index (χ2v) is 5.59. The van der Waals surface area contributed by atoms with Crippen molar-refractivity contribution in [3.8, 4) is 5.75 Å². The van der Waals surface area contributed by atoms with Gasteiger partial charge in [0.15, 0.2) is 0 Å². The number of aliphatic hydroxyl groups excluding tert-OH is 1. The number of imidazole rings is 1. The van der Waals surface area contributed by atoms with Crippen molar-refractivity contribution in [3.05, 3.63) is 65.6 Å². The Bertz CT molecular complexity index is 856. The van der Waals surface area contributed by atoms with Crippen LogP contribution in [0.2, 0.25) is 0 Å². The van der Waals surface area contributed by atoms with Gasteiger partial charge in [-0.2, -0.15) is 0 Å². The fourth-order valence-electron chi connectivity index (χ4n) is 2.42. The number of fused-ring (bicyclic) bond motifs is 1. The average molecular weight is 325 g/mol. The minimum absolute atomic E-state index is 0.109. The van der Waals surface area contributed by atoms with Crippen molar-refractivity contribution in [2.75, 3.05) is 13.7 Å². The third kappa shape index (κ3) is 3.38. The quantitative estimate of drug-likeness (QED) is 0.753. The fraction of sp³-hybridized carbons (Fsp3) is 0.222. The Hall–Kier alpha value is -2.86. The first-order valence-corrected chi connectivity index (χ1v) is 7.62. The maximum atomic E-state index is 12.2. The third-order valence-electron chi connectivity index (χ3n) is 3.80. The number of nitrogens with zero attached hydrogens (tertiary/aromatic N) is 2. The normalized spacial score (nSPS) is 12.1. The summed E-state index contributed by atoms with van der Waals surface area (Å²) in [5.41, 5.74) is 2.83. The Morgan fingerprint density at radius 3 is 2.79 bits per heavy atom. The first-order chi connectivity index (χ1) is 11.6. The van der Waals surface area contributed by atoms with Crippen molar-refractivity contribution in [1.82, 2.24) is 14.7 Å². The molecule has 0 aliphatic carbocycles. The van der Waals surface area contributed by atoms with Crippen molar-refractivity contribution in [2.45, 2.75) is 13.0 Å². The number of carbonyl (C=O) groups excluding carboxylic acids is 1. The number of pyridine rings is 1. The number of hydrogen-bond donors (Lipinski definition) is 2. The minimum Gasteiger partial charge on any atom is -0.497 e. The van der Waals surface area contributed by atoms with Crippen molar-refractivity contribution in [3.63, 3.8) is 0 Å². The molecule has 1 unspecified atom stereocenters. The highest BCUT2D eigenvalue weighted by Crippen LogP contribution is 2.17. The molecule has 0 spiro atoms. The molecule has 0 aliphatic heterocycles. The van der Waals surface area contributed by atoms with Crippen molar-refractivity contribution < 1.29 is 14.6 Å². The molecule has 2 heterocycles. The van der Waals surface area contributed by atoms with Crippen LogP contribution in [0, 0.1) is 6.92 Å². The lowest BCUT2D eigenvalue weighted by molar-refractivity contribution is 0.0912. The first kappa shape index (κ1) is 16.0. The number of hydrogen-bond acceptors (Lipinski definition) is 4. The highest BCUT2D eigenvalue weighted by Gasteiger charge is 2.14. The van der Waals surface area contributed by atoms with Gasteiger partial charge in [0.05, 0.1) is 13.2 Å². The van der Waals surface area contributed by atoms with E-state index in [-0.39, 0.29) is 12.5 Å². The number of aryl methyl sites for hydroxylation is 1. The third-order valence-corrected chi connectivity index (χ3v) is 3.80. The van der Waals surface area contributed by atoms with Crippen LogP contribution in [0.5, 0.6) is 5.75 Å². The molecule has 0 saturated heterocycles. The molecule has 1 amide bonds. The van der Waals surface area contributed by atoms with E-state index < -0.39 is 6.10 Å². The lowest BCUT2D eigenvalue weighted by atomic mass is 10.1. The summed E-state index contributed by atoms with van der Waals surface area (Å²) in [7, 11) is 1.59. The van der Waals surface area contributed by atoms with E-state index in [0.29, 0.717) is 11.3 Å². The summed E-state index contributed by atoms with van der Waals surface area (Å²) in [4.78, 5) is 16.5.